The summed E-state index contributed by atoms with van der Waals surface area (Å²) in [4.78, 5) is 27.7. The van der Waals surface area contributed by atoms with Gasteiger partial charge >= 0.3 is 0 Å². The number of unbranched alkanes of at least 4 members (excludes halogenated alkanes) is 1. The molecule has 2 rings (SSSR count). The highest BCUT2D eigenvalue weighted by Crippen LogP contribution is 2.19. The van der Waals surface area contributed by atoms with E-state index in [0.717, 1.165) is 24.0 Å². The van der Waals surface area contributed by atoms with Crippen molar-refractivity contribution in [2.24, 2.45) is 0 Å². The van der Waals surface area contributed by atoms with E-state index in [1.54, 1.807) is 23.1 Å². The molecule has 4 nitrogen and oxygen atoms in total. The summed E-state index contributed by atoms with van der Waals surface area (Å²) < 4.78 is 13.9. The van der Waals surface area contributed by atoms with Crippen molar-refractivity contribution in [3.8, 4) is 0 Å². The number of nitrogens with zero attached hydrogens (tertiary/aromatic N) is 1. The fourth-order valence-corrected chi connectivity index (χ4v) is 4.28. The number of nitrogens with one attached hydrogen (secondary N) is 1. The van der Waals surface area contributed by atoms with Crippen LogP contribution >= 0.6 is 11.8 Å². The molecule has 1 atom stereocenters. The number of carbonyl (C=O) groups excluding carboxylic acids is 2. The fraction of sp³-hybridized carbons (Fsp3) is 0.440. The quantitative estimate of drug-likeness (QED) is 0.464. The second kappa shape index (κ2) is 13.2. The molecule has 31 heavy (non-hydrogen) atoms. The zero-order valence-corrected chi connectivity index (χ0v) is 19.5. The van der Waals surface area contributed by atoms with E-state index in [9.17, 15) is 14.0 Å². The Morgan fingerprint density at radius 3 is 2.58 bits per heavy atom. The van der Waals surface area contributed by atoms with Crippen molar-refractivity contribution in [2.45, 2.75) is 58.4 Å². The van der Waals surface area contributed by atoms with E-state index in [1.807, 2.05) is 38.1 Å². The van der Waals surface area contributed by atoms with Crippen molar-refractivity contribution in [2.75, 3.05) is 12.3 Å². The fourth-order valence-electron chi connectivity index (χ4n) is 3.38. The molecule has 1 unspecified atom stereocenters. The first kappa shape index (κ1) is 24.9. The highest BCUT2D eigenvalue weighted by molar-refractivity contribution is 7.99. The minimum Gasteiger partial charge on any atom is -0.354 e. The van der Waals surface area contributed by atoms with Crippen molar-refractivity contribution in [3.63, 3.8) is 0 Å². The Balaban J connectivity index is 2.11. The third-order valence-electron chi connectivity index (χ3n) is 5.09. The molecule has 0 fully saturated rings. The monoisotopic (exact) mass is 444 g/mol. The van der Waals surface area contributed by atoms with Crippen molar-refractivity contribution < 1.29 is 14.0 Å². The molecule has 6 heteroatoms. The summed E-state index contributed by atoms with van der Waals surface area (Å²) in [5.74, 6) is 0.118. The highest BCUT2D eigenvalue weighted by Gasteiger charge is 2.28. The molecule has 0 heterocycles. The summed E-state index contributed by atoms with van der Waals surface area (Å²) in [5.41, 5.74) is 2.68. The number of hydrogen-bond donors (Lipinski definition) is 1. The minimum atomic E-state index is -0.529. The number of rotatable bonds is 12. The van der Waals surface area contributed by atoms with E-state index in [0.29, 0.717) is 30.8 Å². The number of halogens is 1. The van der Waals surface area contributed by atoms with Crippen molar-refractivity contribution in [3.05, 3.63) is 71.0 Å². The number of benzene rings is 2. The predicted molar refractivity (Wildman–Crippen MR) is 126 cm³/mol. The number of thioether (sulfide) groups is 1. The van der Waals surface area contributed by atoms with E-state index in [-0.39, 0.29) is 23.4 Å². The Hall–Kier alpha value is -2.34. The summed E-state index contributed by atoms with van der Waals surface area (Å²) in [5, 5.41) is 2.97. The van der Waals surface area contributed by atoms with Gasteiger partial charge in [-0.3, -0.25) is 9.59 Å². The molecule has 2 aromatic rings. The van der Waals surface area contributed by atoms with Crippen molar-refractivity contribution >= 4 is 23.6 Å². The summed E-state index contributed by atoms with van der Waals surface area (Å²) in [7, 11) is 0. The highest BCUT2D eigenvalue weighted by atomic mass is 32.2. The lowest BCUT2D eigenvalue weighted by Gasteiger charge is -2.30. The predicted octanol–water partition coefficient (Wildman–Crippen LogP) is 5.09. The molecule has 0 radical (unpaired) electrons. The van der Waals surface area contributed by atoms with E-state index >= 15 is 0 Å². The van der Waals surface area contributed by atoms with Crippen molar-refractivity contribution in [1.82, 2.24) is 10.2 Å². The molecule has 0 aliphatic rings. The zero-order chi connectivity index (χ0) is 22.6. The number of amides is 2. The first-order valence-electron chi connectivity index (χ1n) is 10.9. The van der Waals surface area contributed by atoms with Crippen molar-refractivity contribution in [1.29, 1.82) is 0 Å². The van der Waals surface area contributed by atoms with Crippen LogP contribution in [0.15, 0.2) is 48.5 Å². The summed E-state index contributed by atoms with van der Waals surface area (Å²) in [6.45, 7) is 6.99. The molecule has 0 aliphatic heterocycles. The normalized spacial score (nSPS) is 11.7. The lowest BCUT2D eigenvalue weighted by atomic mass is 10.1. The molecular formula is C25H33FN2O2S. The Labute approximate surface area is 189 Å². The van der Waals surface area contributed by atoms with E-state index < -0.39 is 6.04 Å². The first-order valence-corrected chi connectivity index (χ1v) is 12.1. The SMILES string of the molecule is CCCCNC(=O)C(CC)N(Cc1cccc(C)c1)C(=O)CSCc1ccccc1F. The van der Waals surface area contributed by atoms with Gasteiger partial charge < -0.3 is 10.2 Å². The molecule has 168 valence electrons. The summed E-state index contributed by atoms with van der Waals surface area (Å²) >= 11 is 1.37. The lowest BCUT2D eigenvalue weighted by molar-refractivity contribution is -0.139. The van der Waals surface area contributed by atoms with E-state index in [2.05, 4.69) is 12.2 Å². The summed E-state index contributed by atoms with van der Waals surface area (Å²) in [6, 6.07) is 14.1. The Morgan fingerprint density at radius 2 is 1.90 bits per heavy atom. The molecule has 0 aliphatic carbocycles. The Kier molecular flexibility index (Phi) is 10.6. The zero-order valence-electron chi connectivity index (χ0n) is 18.7. The average molecular weight is 445 g/mol. The molecule has 0 aromatic heterocycles. The molecular weight excluding hydrogens is 411 g/mol. The van der Waals surface area contributed by atoms with Crippen LogP contribution in [0.4, 0.5) is 4.39 Å². The minimum absolute atomic E-state index is 0.111. The number of carbonyl (C=O) groups is 2. The van der Waals surface area contributed by atoms with Gasteiger partial charge in [0.25, 0.3) is 0 Å². The topological polar surface area (TPSA) is 49.4 Å². The van der Waals surface area contributed by atoms with Crippen LogP contribution in [0.1, 0.15) is 49.8 Å². The van der Waals surface area contributed by atoms with Crippen LogP contribution in [-0.2, 0) is 21.9 Å². The van der Waals surface area contributed by atoms with E-state index in [4.69, 9.17) is 0 Å². The smallest absolute Gasteiger partial charge is 0.242 e. The average Bonchev–Trinajstić information content (AvgIpc) is 2.75. The van der Waals surface area contributed by atoms with Crippen LogP contribution in [0.3, 0.4) is 0 Å². The molecule has 2 aromatic carbocycles. The van der Waals surface area contributed by atoms with Crippen LogP contribution in [0.25, 0.3) is 0 Å². The number of aryl methyl sites for hydroxylation is 1. The maximum absolute atomic E-state index is 13.9. The first-order chi connectivity index (χ1) is 15.0. The molecule has 0 saturated carbocycles. The third kappa shape index (κ3) is 8.02. The Morgan fingerprint density at radius 1 is 1.13 bits per heavy atom. The Bertz CT molecular complexity index is 859. The second-order valence-corrected chi connectivity index (χ2v) is 8.65. The van der Waals surface area contributed by atoms with Crippen LogP contribution in [0.5, 0.6) is 0 Å². The van der Waals surface area contributed by atoms with Gasteiger partial charge in [0.05, 0.1) is 5.75 Å². The largest absolute Gasteiger partial charge is 0.354 e. The molecule has 0 spiro atoms. The van der Waals surface area contributed by atoms with Gasteiger partial charge in [0.15, 0.2) is 0 Å². The maximum atomic E-state index is 13.9. The van der Waals surface area contributed by atoms with Gasteiger partial charge in [-0.25, -0.2) is 4.39 Å². The van der Waals surface area contributed by atoms with Crippen LogP contribution in [0.2, 0.25) is 0 Å². The second-order valence-electron chi connectivity index (χ2n) is 7.66. The van der Waals surface area contributed by atoms with E-state index in [1.165, 1.54) is 17.8 Å². The van der Waals surface area contributed by atoms with Gasteiger partial charge in [0.1, 0.15) is 11.9 Å². The van der Waals surface area contributed by atoms with Crippen LogP contribution < -0.4 is 5.32 Å². The molecule has 0 saturated heterocycles. The molecule has 1 N–H and O–H groups in total. The van der Waals surface area contributed by atoms with Gasteiger partial charge in [0.2, 0.25) is 11.8 Å². The van der Waals surface area contributed by atoms with Gasteiger partial charge in [-0.1, -0.05) is 68.3 Å². The molecule has 0 bridgehead atoms. The van der Waals surface area contributed by atoms with Gasteiger partial charge in [-0.2, -0.15) is 0 Å². The third-order valence-corrected chi connectivity index (χ3v) is 6.06. The van der Waals surface area contributed by atoms with Crippen LogP contribution in [-0.4, -0.2) is 35.1 Å². The number of hydrogen-bond acceptors (Lipinski definition) is 3. The summed E-state index contributed by atoms with van der Waals surface area (Å²) in [6.07, 6.45) is 2.44. The van der Waals surface area contributed by atoms with Gasteiger partial charge in [-0.05, 0) is 37.0 Å². The van der Waals surface area contributed by atoms with Crippen LogP contribution in [0, 0.1) is 12.7 Å². The molecule has 2 amide bonds. The maximum Gasteiger partial charge on any atom is 0.242 e. The van der Waals surface area contributed by atoms with Gasteiger partial charge in [-0.15, -0.1) is 11.8 Å². The van der Waals surface area contributed by atoms with Gasteiger partial charge in [0, 0.05) is 18.8 Å². The standard InChI is InChI=1S/C25H33FN2O2S/c1-4-6-14-27-25(30)23(5-2)28(16-20-11-9-10-19(3)15-20)24(29)18-31-17-21-12-7-8-13-22(21)26/h7-13,15,23H,4-6,14,16-18H2,1-3H3,(H,27,30). The lowest BCUT2D eigenvalue weighted by Crippen LogP contribution is -2.49.